The van der Waals surface area contributed by atoms with Crippen LogP contribution in [0, 0.1) is 5.92 Å². The van der Waals surface area contributed by atoms with Gasteiger partial charge in [-0.3, -0.25) is 0 Å². The van der Waals surface area contributed by atoms with Gasteiger partial charge in [0.2, 0.25) is 0 Å². The van der Waals surface area contributed by atoms with E-state index in [-0.39, 0.29) is 18.5 Å². The molecule has 2 heterocycles. The van der Waals surface area contributed by atoms with E-state index in [4.69, 9.17) is 14.2 Å². The molecule has 0 aromatic heterocycles. The number of allylic oxidation sites excluding steroid dienone is 2. The van der Waals surface area contributed by atoms with Gasteiger partial charge in [0.05, 0.1) is 13.2 Å². The Kier molecular flexibility index (Phi) is 7.26. The van der Waals surface area contributed by atoms with Crippen LogP contribution in [0.3, 0.4) is 0 Å². The smallest absolute Gasteiger partial charge is 0.334 e. The molecular formula is C21H30O8. The third kappa shape index (κ3) is 4.96. The molecule has 0 radical (unpaired) electrons. The largest absolute Gasteiger partial charge is 0.454 e. The first-order valence-corrected chi connectivity index (χ1v) is 9.99. The molecule has 0 spiro atoms. The standard InChI is InChI=1S/C21H30O8/c1-11-4-3-5-13(8-15-14(7-6-11)12(2)20(26)28-15)10-27-21-19(25)18(24)17(23)16(9-22)29-21/h4,8,14-19,21-25H,2-3,5-7,9-10H2,1H3/b11-4-,13-8+/t14-,15+,16+,17+,18+,19+,21+/m0/s1. The molecule has 4 N–H and O–H groups in total. The van der Waals surface area contributed by atoms with Crippen LogP contribution in [0.1, 0.15) is 32.6 Å². The fourth-order valence-corrected chi connectivity index (χ4v) is 3.94. The summed E-state index contributed by atoms with van der Waals surface area (Å²) >= 11 is 0. The summed E-state index contributed by atoms with van der Waals surface area (Å²) in [6, 6.07) is 0. The topological polar surface area (TPSA) is 126 Å². The number of rotatable bonds is 4. The first kappa shape index (κ1) is 22.1. The Morgan fingerprint density at radius 3 is 2.69 bits per heavy atom. The highest BCUT2D eigenvalue weighted by Gasteiger charge is 2.44. The van der Waals surface area contributed by atoms with Gasteiger partial charge >= 0.3 is 5.97 Å². The van der Waals surface area contributed by atoms with E-state index in [0.717, 1.165) is 24.8 Å². The van der Waals surface area contributed by atoms with E-state index in [2.05, 4.69) is 19.6 Å². The summed E-state index contributed by atoms with van der Waals surface area (Å²) in [6.07, 6.45) is 0.142. The molecule has 0 amide bonds. The van der Waals surface area contributed by atoms with E-state index in [1.165, 1.54) is 5.57 Å². The minimum Gasteiger partial charge on any atom is -0.454 e. The predicted octanol–water partition coefficient (Wildman–Crippen LogP) is 0.347. The van der Waals surface area contributed by atoms with Crippen LogP contribution in [0.15, 0.2) is 35.5 Å². The van der Waals surface area contributed by atoms with E-state index in [0.29, 0.717) is 12.0 Å². The van der Waals surface area contributed by atoms with E-state index in [9.17, 15) is 25.2 Å². The van der Waals surface area contributed by atoms with Crippen molar-refractivity contribution in [3.63, 3.8) is 0 Å². The van der Waals surface area contributed by atoms with Crippen LogP contribution in [-0.4, -0.2) is 76.4 Å². The second kappa shape index (κ2) is 9.51. The number of aliphatic hydroxyl groups is 4. The number of esters is 1. The number of fused-ring (bicyclic) bond motifs is 1. The third-order valence-electron chi connectivity index (χ3n) is 5.84. The van der Waals surface area contributed by atoms with Crippen LogP contribution < -0.4 is 0 Å². The maximum atomic E-state index is 12.0. The van der Waals surface area contributed by atoms with Gasteiger partial charge in [-0.05, 0) is 44.3 Å². The number of carbonyl (C=O) groups is 1. The number of aliphatic hydroxyl groups excluding tert-OH is 4. The van der Waals surface area contributed by atoms with Gasteiger partial charge in [0, 0.05) is 11.5 Å². The zero-order valence-corrected chi connectivity index (χ0v) is 16.6. The lowest BCUT2D eigenvalue weighted by Gasteiger charge is -2.39. The van der Waals surface area contributed by atoms with Crippen molar-refractivity contribution >= 4 is 5.97 Å². The molecule has 3 aliphatic rings. The molecule has 0 unspecified atom stereocenters. The normalized spacial score (nSPS) is 42.3. The van der Waals surface area contributed by atoms with Gasteiger partial charge in [0.1, 0.15) is 30.5 Å². The van der Waals surface area contributed by atoms with Crippen molar-refractivity contribution in [3.05, 3.63) is 35.5 Å². The van der Waals surface area contributed by atoms with Gasteiger partial charge in [-0.2, -0.15) is 0 Å². The molecule has 2 aliphatic heterocycles. The van der Waals surface area contributed by atoms with Gasteiger partial charge in [0.15, 0.2) is 6.29 Å². The summed E-state index contributed by atoms with van der Waals surface area (Å²) in [7, 11) is 0. The van der Waals surface area contributed by atoms with E-state index < -0.39 is 43.4 Å². The number of ether oxygens (including phenoxy) is 3. The molecule has 0 aromatic carbocycles. The minimum atomic E-state index is -1.49. The Bertz CT molecular complexity index is 682. The van der Waals surface area contributed by atoms with Crippen molar-refractivity contribution in [3.8, 4) is 0 Å². The summed E-state index contributed by atoms with van der Waals surface area (Å²) in [5.74, 6) is -0.474. The second-order valence-corrected chi connectivity index (χ2v) is 7.96. The summed E-state index contributed by atoms with van der Waals surface area (Å²) in [6.45, 7) is 5.51. The molecule has 1 aliphatic carbocycles. The summed E-state index contributed by atoms with van der Waals surface area (Å²) in [4.78, 5) is 12.0. The summed E-state index contributed by atoms with van der Waals surface area (Å²) in [5, 5.41) is 39.2. The fraction of sp³-hybridized carbons (Fsp3) is 0.667. The van der Waals surface area contributed by atoms with Gasteiger partial charge in [-0.1, -0.05) is 18.2 Å². The molecule has 7 atom stereocenters. The molecule has 2 saturated heterocycles. The van der Waals surface area contributed by atoms with Gasteiger partial charge in [-0.25, -0.2) is 4.79 Å². The molecule has 29 heavy (non-hydrogen) atoms. The average molecular weight is 410 g/mol. The molecule has 0 aromatic rings. The minimum absolute atomic E-state index is 0.0861. The molecule has 162 valence electrons. The summed E-state index contributed by atoms with van der Waals surface area (Å²) < 4.78 is 16.5. The average Bonchev–Trinajstić information content (AvgIpc) is 2.96. The maximum absolute atomic E-state index is 12.0. The zero-order chi connectivity index (χ0) is 21.1. The lowest BCUT2D eigenvalue weighted by atomic mass is 9.88. The fourth-order valence-electron chi connectivity index (χ4n) is 3.94. The Hall–Kier alpha value is -1.55. The zero-order valence-electron chi connectivity index (χ0n) is 16.6. The van der Waals surface area contributed by atoms with Crippen molar-refractivity contribution in [1.29, 1.82) is 0 Å². The molecule has 8 nitrogen and oxygen atoms in total. The maximum Gasteiger partial charge on any atom is 0.334 e. The van der Waals surface area contributed by atoms with Crippen molar-refractivity contribution in [2.24, 2.45) is 5.92 Å². The Labute approximate surface area is 170 Å². The van der Waals surface area contributed by atoms with Gasteiger partial charge in [-0.15, -0.1) is 0 Å². The quantitative estimate of drug-likeness (QED) is 0.297. The number of carbonyl (C=O) groups excluding carboxylic acids is 1. The Morgan fingerprint density at radius 2 is 1.97 bits per heavy atom. The van der Waals surface area contributed by atoms with E-state index in [1.807, 2.05) is 6.08 Å². The van der Waals surface area contributed by atoms with Crippen LogP contribution >= 0.6 is 0 Å². The first-order chi connectivity index (χ1) is 13.8. The Balaban J connectivity index is 1.72. The van der Waals surface area contributed by atoms with E-state index >= 15 is 0 Å². The highest BCUT2D eigenvalue weighted by atomic mass is 16.7. The molecule has 3 rings (SSSR count). The number of hydrogen-bond donors (Lipinski definition) is 4. The lowest BCUT2D eigenvalue weighted by Crippen LogP contribution is -2.59. The van der Waals surface area contributed by atoms with Crippen molar-refractivity contribution in [1.82, 2.24) is 0 Å². The van der Waals surface area contributed by atoms with Crippen molar-refractivity contribution in [2.75, 3.05) is 13.2 Å². The van der Waals surface area contributed by atoms with Gasteiger partial charge in [0.25, 0.3) is 0 Å². The highest BCUT2D eigenvalue weighted by molar-refractivity contribution is 5.91. The lowest BCUT2D eigenvalue weighted by molar-refractivity contribution is -0.299. The van der Waals surface area contributed by atoms with Crippen LogP contribution in [0.4, 0.5) is 0 Å². The molecule has 8 heteroatoms. The molecule has 2 fully saturated rings. The highest BCUT2D eigenvalue weighted by Crippen LogP contribution is 2.34. The van der Waals surface area contributed by atoms with E-state index in [1.54, 1.807) is 0 Å². The van der Waals surface area contributed by atoms with Crippen LogP contribution in [0.2, 0.25) is 0 Å². The van der Waals surface area contributed by atoms with Crippen molar-refractivity contribution < 1.29 is 39.4 Å². The summed E-state index contributed by atoms with van der Waals surface area (Å²) in [5.41, 5.74) is 2.59. The monoisotopic (exact) mass is 410 g/mol. The van der Waals surface area contributed by atoms with Gasteiger partial charge < -0.3 is 34.6 Å². The molecule has 0 bridgehead atoms. The molecule has 0 saturated carbocycles. The Morgan fingerprint density at radius 1 is 1.21 bits per heavy atom. The third-order valence-corrected chi connectivity index (χ3v) is 5.84. The first-order valence-electron chi connectivity index (χ1n) is 9.99. The SMILES string of the molecule is C=C1C(=O)O[C@@H]2/C=C(/CO[C@@H]3O[C@H](CO)[C@@H](O)[C@@H](O)[C@H]3O)CC/C=C(/C)CC[C@@H]12. The van der Waals surface area contributed by atoms with Crippen LogP contribution in [0.25, 0.3) is 0 Å². The van der Waals surface area contributed by atoms with Crippen molar-refractivity contribution in [2.45, 2.75) is 69.4 Å². The number of hydrogen-bond acceptors (Lipinski definition) is 8. The van der Waals surface area contributed by atoms with Crippen LogP contribution in [0.5, 0.6) is 0 Å². The second-order valence-electron chi connectivity index (χ2n) is 7.96. The predicted molar refractivity (Wildman–Crippen MR) is 103 cm³/mol. The van der Waals surface area contributed by atoms with Crippen LogP contribution in [-0.2, 0) is 19.0 Å². The molecular weight excluding hydrogens is 380 g/mol.